The number of hydrogen-bond donors (Lipinski definition) is 0. The Balaban J connectivity index is 2.03. The Bertz CT molecular complexity index is 448. The average Bonchev–Trinajstić information content (AvgIpc) is 2.40. The van der Waals surface area contributed by atoms with Crippen molar-refractivity contribution in [3.05, 3.63) is 29.6 Å². The number of rotatable bonds is 3. The average molecular weight is 248 g/mol. The molecule has 96 valence electrons. The van der Waals surface area contributed by atoms with E-state index >= 15 is 0 Å². The zero-order valence-corrected chi connectivity index (χ0v) is 10.5. The molecule has 1 aromatic carbocycles. The predicted octanol–water partition coefficient (Wildman–Crippen LogP) is 2.56. The van der Waals surface area contributed by atoms with Crippen molar-refractivity contribution < 1.29 is 9.13 Å². The van der Waals surface area contributed by atoms with Crippen LogP contribution in [0.1, 0.15) is 25.3 Å². The van der Waals surface area contributed by atoms with Crippen molar-refractivity contribution in [2.45, 2.75) is 25.9 Å². The molecule has 1 aliphatic heterocycles. The first-order chi connectivity index (χ1) is 8.74. The number of piperidine rings is 1. The Kier molecular flexibility index (Phi) is 4.16. The number of benzene rings is 1. The molecule has 3 nitrogen and oxygen atoms in total. The highest BCUT2D eigenvalue weighted by molar-refractivity contribution is 5.43. The van der Waals surface area contributed by atoms with Crippen LogP contribution in [-0.2, 0) is 0 Å². The Labute approximate surface area is 107 Å². The number of halogens is 1. The Hall–Kier alpha value is -1.60. The molecule has 0 bridgehead atoms. The van der Waals surface area contributed by atoms with Gasteiger partial charge in [0.15, 0.2) is 0 Å². The summed E-state index contributed by atoms with van der Waals surface area (Å²) in [6, 6.07) is 6.38. The van der Waals surface area contributed by atoms with Crippen molar-refractivity contribution in [3.8, 4) is 11.8 Å². The van der Waals surface area contributed by atoms with Crippen molar-refractivity contribution in [1.82, 2.24) is 4.90 Å². The van der Waals surface area contributed by atoms with E-state index in [1.54, 1.807) is 12.1 Å². The largest absolute Gasteiger partial charge is 0.489 e. The molecule has 1 aliphatic rings. The van der Waals surface area contributed by atoms with Crippen molar-refractivity contribution in [3.63, 3.8) is 0 Å². The van der Waals surface area contributed by atoms with Crippen LogP contribution in [0.3, 0.4) is 0 Å². The predicted molar refractivity (Wildman–Crippen MR) is 66.9 cm³/mol. The molecule has 4 heteroatoms. The standard InChI is InChI=1S/C14H17FN2O/c1-2-17-8-6-11(7-9-17)18-14-5-3-4-13(15)12(14)10-16/h3-5,11H,2,6-9H2,1H3. The summed E-state index contributed by atoms with van der Waals surface area (Å²) in [6.07, 6.45) is 1.94. The van der Waals surface area contributed by atoms with Crippen LogP contribution < -0.4 is 4.74 Å². The van der Waals surface area contributed by atoms with E-state index in [4.69, 9.17) is 10.00 Å². The molecule has 0 atom stereocenters. The molecule has 1 heterocycles. The second-order valence-electron chi connectivity index (χ2n) is 4.48. The van der Waals surface area contributed by atoms with Gasteiger partial charge in [-0.25, -0.2) is 4.39 Å². The first-order valence-corrected chi connectivity index (χ1v) is 6.32. The van der Waals surface area contributed by atoms with Gasteiger partial charge in [0.05, 0.1) is 0 Å². The Morgan fingerprint density at radius 1 is 1.44 bits per heavy atom. The van der Waals surface area contributed by atoms with E-state index in [9.17, 15) is 4.39 Å². The van der Waals surface area contributed by atoms with Crippen molar-refractivity contribution in [1.29, 1.82) is 5.26 Å². The molecular weight excluding hydrogens is 231 g/mol. The molecule has 0 aliphatic carbocycles. The van der Waals surface area contributed by atoms with Gasteiger partial charge >= 0.3 is 0 Å². The third kappa shape index (κ3) is 2.80. The monoisotopic (exact) mass is 248 g/mol. The van der Waals surface area contributed by atoms with E-state index in [-0.39, 0.29) is 11.7 Å². The SMILES string of the molecule is CCN1CCC(Oc2cccc(F)c2C#N)CC1. The topological polar surface area (TPSA) is 36.3 Å². The maximum atomic E-state index is 13.4. The lowest BCUT2D eigenvalue weighted by atomic mass is 10.1. The van der Waals surface area contributed by atoms with Crippen molar-refractivity contribution in [2.24, 2.45) is 0 Å². The maximum Gasteiger partial charge on any atom is 0.144 e. The van der Waals surface area contributed by atoms with Crippen LogP contribution in [0.4, 0.5) is 4.39 Å². The summed E-state index contributed by atoms with van der Waals surface area (Å²) in [5.41, 5.74) is 0.00965. The molecule has 0 spiro atoms. The van der Waals surface area contributed by atoms with Crippen LogP contribution in [-0.4, -0.2) is 30.6 Å². The summed E-state index contributed by atoms with van der Waals surface area (Å²) in [5.74, 6) is -0.145. The first kappa shape index (κ1) is 12.8. The number of likely N-dealkylation sites (tertiary alicyclic amines) is 1. The van der Waals surface area contributed by atoms with Crippen LogP contribution in [0.2, 0.25) is 0 Å². The zero-order chi connectivity index (χ0) is 13.0. The van der Waals surface area contributed by atoms with Crippen LogP contribution in [0.5, 0.6) is 5.75 Å². The van der Waals surface area contributed by atoms with E-state index < -0.39 is 5.82 Å². The summed E-state index contributed by atoms with van der Waals surface area (Å²) < 4.78 is 19.2. The minimum Gasteiger partial charge on any atom is -0.489 e. The summed E-state index contributed by atoms with van der Waals surface area (Å²) in [4.78, 5) is 2.36. The molecule has 0 saturated carbocycles. The van der Waals surface area contributed by atoms with Gasteiger partial charge in [-0.2, -0.15) is 5.26 Å². The molecule has 0 amide bonds. The summed E-state index contributed by atoms with van der Waals surface area (Å²) >= 11 is 0. The Morgan fingerprint density at radius 3 is 2.78 bits per heavy atom. The van der Waals surface area contributed by atoms with Crippen LogP contribution >= 0.6 is 0 Å². The molecular formula is C14H17FN2O. The fourth-order valence-corrected chi connectivity index (χ4v) is 2.23. The van der Waals surface area contributed by atoms with Gasteiger partial charge in [-0.05, 0) is 31.5 Å². The maximum absolute atomic E-state index is 13.4. The lowest BCUT2D eigenvalue weighted by Gasteiger charge is -2.31. The third-order valence-corrected chi connectivity index (χ3v) is 3.36. The quantitative estimate of drug-likeness (QED) is 0.824. The molecule has 0 radical (unpaired) electrons. The molecule has 0 N–H and O–H groups in total. The van der Waals surface area contributed by atoms with Gasteiger partial charge in [-0.15, -0.1) is 0 Å². The summed E-state index contributed by atoms with van der Waals surface area (Å²) in [6.45, 7) is 5.19. The van der Waals surface area contributed by atoms with Crippen molar-refractivity contribution in [2.75, 3.05) is 19.6 Å². The normalized spacial score (nSPS) is 17.4. The van der Waals surface area contributed by atoms with Gasteiger partial charge in [-0.1, -0.05) is 13.0 Å². The fourth-order valence-electron chi connectivity index (χ4n) is 2.23. The molecule has 0 aromatic heterocycles. The van der Waals surface area contributed by atoms with Gasteiger partial charge in [0, 0.05) is 13.1 Å². The second-order valence-corrected chi connectivity index (χ2v) is 4.48. The Morgan fingerprint density at radius 2 is 2.17 bits per heavy atom. The van der Waals surface area contributed by atoms with E-state index in [1.165, 1.54) is 6.07 Å². The number of nitrogens with zero attached hydrogens (tertiary/aromatic N) is 2. The second kappa shape index (κ2) is 5.83. The minimum atomic E-state index is -0.513. The molecule has 1 fully saturated rings. The molecule has 18 heavy (non-hydrogen) atoms. The smallest absolute Gasteiger partial charge is 0.144 e. The minimum absolute atomic E-state index is 0.00965. The number of hydrogen-bond acceptors (Lipinski definition) is 3. The zero-order valence-electron chi connectivity index (χ0n) is 10.5. The van der Waals surface area contributed by atoms with E-state index in [0.717, 1.165) is 32.5 Å². The van der Waals surface area contributed by atoms with Gasteiger partial charge in [-0.3, -0.25) is 0 Å². The molecule has 1 saturated heterocycles. The van der Waals surface area contributed by atoms with E-state index in [0.29, 0.717) is 5.75 Å². The van der Waals surface area contributed by atoms with Gasteiger partial charge in [0.25, 0.3) is 0 Å². The molecule has 1 aromatic rings. The third-order valence-electron chi connectivity index (χ3n) is 3.36. The lowest BCUT2D eigenvalue weighted by molar-refractivity contribution is 0.103. The highest BCUT2D eigenvalue weighted by Crippen LogP contribution is 2.24. The number of ether oxygens (including phenoxy) is 1. The lowest BCUT2D eigenvalue weighted by Crippen LogP contribution is -2.38. The van der Waals surface area contributed by atoms with Crippen molar-refractivity contribution >= 4 is 0 Å². The molecule has 0 unspecified atom stereocenters. The summed E-state index contributed by atoms with van der Waals surface area (Å²) in [5, 5.41) is 8.93. The van der Waals surface area contributed by atoms with Crippen LogP contribution in [0.25, 0.3) is 0 Å². The summed E-state index contributed by atoms with van der Waals surface area (Å²) in [7, 11) is 0. The van der Waals surface area contributed by atoms with Gasteiger partial charge in [0.1, 0.15) is 29.3 Å². The number of nitriles is 1. The first-order valence-electron chi connectivity index (χ1n) is 6.32. The van der Waals surface area contributed by atoms with E-state index in [2.05, 4.69) is 11.8 Å². The van der Waals surface area contributed by atoms with Crippen LogP contribution in [0.15, 0.2) is 18.2 Å². The van der Waals surface area contributed by atoms with Gasteiger partial charge < -0.3 is 9.64 Å². The van der Waals surface area contributed by atoms with Crippen LogP contribution in [0, 0.1) is 17.1 Å². The highest BCUT2D eigenvalue weighted by Gasteiger charge is 2.21. The van der Waals surface area contributed by atoms with E-state index in [1.807, 2.05) is 6.07 Å². The fraction of sp³-hybridized carbons (Fsp3) is 0.500. The highest BCUT2D eigenvalue weighted by atomic mass is 19.1. The van der Waals surface area contributed by atoms with Gasteiger partial charge in [0.2, 0.25) is 0 Å². The molecule has 2 rings (SSSR count).